The van der Waals surface area contributed by atoms with Crippen LogP contribution in [0.2, 0.25) is 0 Å². The molecule has 5 nitrogen and oxygen atoms in total. The number of fused-ring (bicyclic) bond motifs is 1. The van der Waals surface area contributed by atoms with Gasteiger partial charge in [0.15, 0.2) is 23.3 Å². The SMILES string of the molecule is c1ccc(-c2ccc(-c3nc(-c4ccccc4)nc(-c4cccc(-c5ccc6cccc(-c7ccc(-c8cc(-c9ccccc9)nc(-c9ccccc9)n8)cc7)c6c5)c4)n3)cc2)cc1. The number of nitrogens with zero attached hydrogens (tertiary/aromatic N) is 5. The topological polar surface area (TPSA) is 64.5 Å². The molecule has 0 aliphatic rings. The van der Waals surface area contributed by atoms with Crippen LogP contribution >= 0.6 is 0 Å². The first-order valence-corrected chi connectivity index (χ1v) is 21.4. The van der Waals surface area contributed by atoms with Crippen LogP contribution < -0.4 is 0 Å². The van der Waals surface area contributed by atoms with Gasteiger partial charge in [-0.1, -0.05) is 218 Å². The lowest BCUT2D eigenvalue weighted by molar-refractivity contribution is 1.07. The Bertz CT molecular complexity index is 3330. The van der Waals surface area contributed by atoms with E-state index in [-0.39, 0.29) is 0 Å². The molecule has 2 aromatic heterocycles. The van der Waals surface area contributed by atoms with Gasteiger partial charge >= 0.3 is 0 Å². The van der Waals surface area contributed by atoms with Gasteiger partial charge in [-0.05, 0) is 62.4 Å². The molecule has 9 aromatic carbocycles. The van der Waals surface area contributed by atoms with Crippen molar-refractivity contribution in [2.75, 3.05) is 0 Å². The third-order valence-electron chi connectivity index (χ3n) is 11.6. The van der Waals surface area contributed by atoms with Crippen molar-refractivity contribution in [2.24, 2.45) is 0 Å². The normalized spacial score (nSPS) is 11.1. The molecule has 0 saturated heterocycles. The van der Waals surface area contributed by atoms with Crippen molar-refractivity contribution in [1.82, 2.24) is 24.9 Å². The predicted molar refractivity (Wildman–Crippen MR) is 262 cm³/mol. The van der Waals surface area contributed by atoms with E-state index in [2.05, 4.69) is 164 Å². The van der Waals surface area contributed by atoms with Crippen LogP contribution in [-0.4, -0.2) is 24.9 Å². The molecule has 0 bridgehead atoms. The molecule has 64 heavy (non-hydrogen) atoms. The Balaban J connectivity index is 0.937. The molecule has 11 aromatic rings. The summed E-state index contributed by atoms with van der Waals surface area (Å²) in [5.74, 6) is 2.58. The molecular weight excluding hydrogens is 779 g/mol. The van der Waals surface area contributed by atoms with E-state index in [0.717, 1.165) is 72.6 Å². The highest BCUT2D eigenvalue weighted by Crippen LogP contribution is 2.36. The highest BCUT2D eigenvalue weighted by molar-refractivity contribution is 5.99. The minimum absolute atomic E-state index is 0.620. The summed E-state index contributed by atoms with van der Waals surface area (Å²) >= 11 is 0. The van der Waals surface area contributed by atoms with Gasteiger partial charge in [0.05, 0.1) is 11.4 Å². The first-order valence-electron chi connectivity index (χ1n) is 21.4. The molecule has 0 fully saturated rings. The Labute approximate surface area is 372 Å². The maximum absolute atomic E-state index is 5.08. The molecule has 300 valence electrons. The fourth-order valence-corrected chi connectivity index (χ4v) is 8.22. The summed E-state index contributed by atoms with van der Waals surface area (Å²) in [7, 11) is 0. The molecule has 0 radical (unpaired) electrons. The summed E-state index contributed by atoms with van der Waals surface area (Å²) in [6.07, 6.45) is 0. The summed E-state index contributed by atoms with van der Waals surface area (Å²) in [4.78, 5) is 25.1. The molecular formula is C59H39N5. The minimum atomic E-state index is 0.620. The number of hydrogen-bond donors (Lipinski definition) is 0. The lowest BCUT2D eigenvalue weighted by atomic mass is 9.93. The third kappa shape index (κ3) is 7.86. The Hall–Kier alpha value is -8.67. The van der Waals surface area contributed by atoms with Crippen molar-refractivity contribution in [1.29, 1.82) is 0 Å². The fourth-order valence-electron chi connectivity index (χ4n) is 8.22. The highest BCUT2D eigenvalue weighted by atomic mass is 15.0. The number of aromatic nitrogens is 5. The lowest BCUT2D eigenvalue weighted by Gasteiger charge is -2.12. The van der Waals surface area contributed by atoms with Crippen molar-refractivity contribution < 1.29 is 0 Å². The molecule has 0 aliphatic carbocycles. The maximum atomic E-state index is 5.08. The second-order valence-electron chi connectivity index (χ2n) is 15.7. The van der Waals surface area contributed by atoms with Gasteiger partial charge in [0.1, 0.15) is 0 Å². The Morgan fingerprint density at radius 3 is 1.19 bits per heavy atom. The zero-order valence-corrected chi connectivity index (χ0v) is 34.8. The van der Waals surface area contributed by atoms with Gasteiger partial charge < -0.3 is 0 Å². The van der Waals surface area contributed by atoms with Gasteiger partial charge in [-0.3, -0.25) is 0 Å². The summed E-state index contributed by atoms with van der Waals surface area (Å²) < 4.78 is 0. The monoisotopic (exact) mass is 817 g/mol. The quantitative estimate of drug-likeness (QED) is 0.145. The van der Waals surface area contributed by atoms with Gasteiger partial charge in [0, 0.05) is 33.4 Å². The fraction of sp³-hybridized carbons (Fsp3) is 0. The second-order valence-corrected chi connectivity index (χ2v) is 15.7. The third-order valence-corrected chi connectivity index (χ3v) is 11.6. The summed E-state index contributed by atoms with van der Waals surface area (Å²) in [6.45, 7) is 0. The van der Waals surface area contributed by atoms with Crippen molar-refractivity contribution in [3.63, 3.8) is 0 Å². The van der Waals surface area contributed by atoms with Crippen LogP contribution in [0.3, 0.4) is 0 Å². The Morgan fingerprint density at radius 1 is 0.203 bits per heavy atom. The molecule has 11 rings (SSSR count). The average molecular weight is 818 g/mol. The maximum Gasteiger partial charge on any atom is 0.164 e. The van der Waals surface area contributed by atoms with Gasteiger partial charge in [0.25, 0.3) is 0 Å². The van der Waals surface area contributed by atoms with Gasteiger partial charge in [-0.25, -0.2) is 24.9 Å². The first-order chi connectivity index (χ1) is 31.7. The number of benzene rings is 9. The van der Waals surface area contributed by atoms with Crippen molar-refractivity contribution in [3.05, 3.63) is 237 Å². The van der Waals surface area contributed by atoms with Crippen molar-refractivity contribution in [3.8, 4) is 101 Å². The Kier molecular flexibility index (Phi) is 10.2. The minimum Gasteiger partial charge on any atom is -0.228 e. The largest absolute Gasteiger partial charge is 0.228 e. The second kappa shape index (κ2) is 17.0. The Morgan fingerprint density at radius 2 is 0.578 bits per heavy atom. The van der Waals surface area contributed by atoms with E-state index in [1.165, 1.54) is 16.3 Å². The average Bonchev–Trinajstić information content (AvgIpc) is 3.39. The number of rotatable bonds is 9. The first kappa shape index (κ1) is 38.3. The van der Waals surface area contributed by atoms with Gasteiger partial charge in [-0.15, -0.1) is 0 Å². The van der Waals surface area contributed by atoms with Crippen molar-refractivity contribution >= 4 is 10.8 Å². The molecule has 0 saturated carbocycles. The van der Waals surface area contributed by atoms with E-state index in [4.69, 9.17) is 24.9 Å². The van der Waals surface area contributed by atoms with Crippen LogP contribution in [0.25, 0.3) is 112 Å². The van der Waals surface area contributed by atoms with E-state index in [1.807, 2.05) is 72.8 Å². The van der Waals surface area contributed by atoms with Crippen LogP contribution in [0.5, 0.6) is 0 Å². The molecule has 0 spiro atoms. The molecule has 5 heteroatoms. The van der Waals surface area contributed by atoms with Crippen LogP contribution in [0.15, 0.2) is 237 Å². The predicted octanol–water partition coefficient (Wildman–Crippen LogP) is 14.8. The molecule has 0 atom stereocenters. The smallest absolute Gasteiger partial charge is 0.164 e. The zero-order valence-electron chi connectivity index (χ0n) is 34.8. The molecule has 0 unspecified atom stereocenters. The van der Waals surface area contributed by atoms with Crippen LogP contribution in [0.1, 0.15) is 0 Å². The standard InChI is InChI=1S/C59H39N5/c1-5-15-40(16-6-1)41-27-34-48(35-28-41)58-62-57(47-21-11-4-12-22-47)63-59(64-58)51-25-13-24-49(37-51)50-36-31-42-23-14-26-52(53(42)38-50)43-29-32-45(33-30-43)55-39-54(44-17-7-2-8-18-44)60-56(61-55)46-19-9-3-10-20-46/h1-39H. The van der Waals surface area contributed by atoms with E-state index in [9.17, 15) is 0 Å². The lowest BCUT2D eigenvalue weighted by Crippen LogP contribution is -2.00. The molecule has 2 heterocycles. The van der Waals surface area contributed by atoms with E-state index >= 15 is 0 Å². The number of hydrogen-bond acceptors (Lipinski definition) is 5. The zero-order chi connectivity index (χ0) is 42.7. The van der Waals surface area contributed by atoms with Crippen LogP contribution in [0, 0.1) is 0 Å². The van der Waals surface area contributed by atoms with Crippen LogP contribution in [-0.2, 0) is 0 Å². The van der Waals surface area contributed by atoms with E-state index in [1.54, 1.807) is 0 Å². The van der Waals surface area contributed by atoms with Gasteiger partial charge in [-0.2, -0.15) is 0 Å². The van der Waals surface area contributed by atoms with E-state index < -0.39 is 0 Å². The summed E-state index contributed by atoms with van der Waals surface area (Å²) in [6, 6.07) is 81.9. The summed E-state index contributed by atoms with van der Waals surface area (Å²) in [5, 5.41) is 2.34. The van der Waals surface area contributed by atoms with E-state index in [0.29, 0.717) is 23.3 Å². The van der Waals surface area contributed by atoms with Crippen LogP contribution in [0.4, 0.5) is 0 Å². The summed E-state index contributed by atoms with van der Waals surface area (Å²) in [5.41, 5.74) is 14.4. The van der Waals surface area contributed by atoms with Gasteiger partial charge in [0.2, 0.25) is 0 Å². The molecule has 0 aliphatic heterocycles. The molecule has 0 amide bonds. The molecule has 0 N–H and O–H groups in total. The highest BCUT2D eigenvalue weighted by Gasteiger charge is 2.15. The van der Waals surface area contributed by atoms with Crippen molar-refractivity contribution in [2.45, 2.75) is 0 Å².